The van der Waals surface area contributed by atoms with Crippen molar-refractivity contribution in [3.8, 4) is 17.0 Å². The molecule has 0 fully saturated rings. The maximum Gasteiger partial charge on any atom is 0.154 e. The normalized spacial score (nSPS) is 11.0. The number of imidazole rings is 1. The molecule has 0 aliphatic heterocycles. The molecule has 6 heteroatoms. The summed E-state index contributed by atoms with van der Waals surface area (Å²) in [7, 11) is 1.61. The zero-order chi connectivity index (χ0) is 17.2. The molecular weight excluding hydrogens is 319 g/mol. The van der Waals surface area contributed by atoms with Gasteiger partial charge in [0.25, 0.3) is 0 Å². The summed E-state index contributed by atoms with van der Waals surface area (Å²) >= 11 is 0. The molecule has 5 nitrogen and oxygen atoms in total. The molecule has 0 spiro atoms. The van der Waals surface area contributed by atoms with Gasteiger partial charge in [-0.25, -0.2) is 13.9 Å². The van der Waals surface area contributed by atoms with Crippen molar-refractivity contribution in [2.24, 2.45) is 0 Å². The minimum atomic E-state index is -0.241. The lowest BCUT2D eigenvalue weighted by atomic mass is 10.1. The van der Waals surface area contributed by atoms with Crippen molar-refractivity contribution in [1.82, 2.24) is 19.6 Å². The molecule has 0 aliphatic rings. The number of pyridine rings is 1. The largest absolute Gasteiger partial charge is 0.495 e. The molecule has 4 aromatic rings. The molecule has 0 bridgehead atoms. The fourth-order valence-electron chi connectivity index (χ4n) is 2.68. The highest BCUT2D eigenvalue weighted by atomic mass is 19.1. The summed E-state index contributed by atoms with van der Waals surface area (Å²) in [4.78, 5) is 8.58. The van der Waals surface area contributed by atoms with Gasteiger partial charge in [0.05, 0.1) is 30.9 Å². The van der Waals surface area contributed by atoms with Gasteiger partial charge in [-0.05, 0) is 35.9 Å². The number of nitrogens with zero attached hydrogens (tertiary/aromatic N) is 4. The highest BCUT2D eigenvalue weighted by molar-refractivity contribution is 5.63. The van der Waals surface area contributed by atoms with Gasteiger partial charge < -0.3 is 4.74 Å². The number of benzene rings is 1. The molecule has 0 saturated carbocycles. The molecule has 0 saturated heterocycles. The molecule has 3 heterocycles. The van der Waals surface area contributed by atoms with Crippen LogP contribution in [-0.4, -0.2) is 26.7 Å². The van der Waals surface area contributed by atoms with Gasteiger partial charge in [-0.2, -0.15) is 5.10 Å². The topological polar surface area (TPSA) is 52.3 Å². The summed E-state index contributed by atoms with van der Waals surface area (Å²) in [5.74, 6) is 0.435. The van der Waals surface area contributed by atoms with Crippen LogP contribution in [-0.2, 0) is 6.42 Å². The minimum Gasteiger partial charge on any atom is -0.495 e. The Bertz CT molecular complexity index is 1030. The smallest absolute Gasteiger partial charge is 0.154 e. The zero-order valence-corrected chi connectivity index (χ0v) is 13.6. The van der Waals surface area contributed by atoms with Crippen molar-refractivity contribution in [1.29, 1.82) is 0 Å². The third-order valence-electron chi connectivity index (χ3n) is 3.96. The number of ether oxygens (including phenoxy) is 1. The van der Waals surface area contributed by atoms with Gasteiger partial charge in [-0.3, -0.25) is 4.98 Å². The van der Waals surface area contributed by atoms with E-state index in [1.807, 2.05) is 18.2 Å². The van der Waals surface area contributed by atoms with Crippen LogP contribution in [0.25, 0.3) is 16.9 Å². The number of rotatable bonds is 4. The SMILES string of the molecule is COc1cncc(-c2cnc3ccc(Cc4ccc(F)cc4)nn23)c1. The lowest BCUT2D eigenvalue weighted by Crippen LogP contribution is -2.01. The number of halogens is 1. The average molecular weight is 334 g/mol. The Morgan fingerprint density at radius 3 is 2.68 bits per heavy atom. The van der Waals surface area contributed by atoms with Crippen LogP contribution in [0.2, 0.25) is 0 Å². The Balaban J connectivity index is 1.73. The number of aromatic nitrogens is 4. The van der Waals surface area contributed by atoms with E-state index in [0.717, 1.165) is 28.2 Å². The molecule has 0 atom stereocenters. The standard InChI is InChI=1S/C19H15FN4O/c1-25-17-9-14(10-21-11-17)18-12-22-19-7-6-16(23-24(18)19)8-13-2-4-15(20)5-3-13/h2-7,9-12H,8H2,1H3. The Labute approximate surface area is 143 Å². The highest BCUT2D eigenvalue weighted by Crippen LogP contribution is 2.23. The Kier molecular flexibility index (Phi) is 3.85. The van der Waals surface area contributed by atoms with E-state index in [4.69, 9.17) is 4.74 Å². The first-order valence-electron chi connectivity index (χ1n) is 7.80. The molecule has 0 unspecified atom stereocenters. The third kappa shape index (κ3) is 3.06. The van der Waals surface area contributed by atoms with Crippen molar-refractivity contribution in [3.05, 3.63) is 78.1 Å². The quantitative estimate of drug-likeness (QED) is 0.573. The Morgan fingerprint density at radius 2 is 1.88 bits per heavy atom. The van der Waals surface area contributed by atoms with E-state index in [0.29, 0.717) is 12.2 Å². The van der Waals surface area contributed by atoms with Gasteiger partial charge in [0.2, 0.25) is 0 Å². The molecule has 1 aromatic carbocycles. The van der Waals surface area contributed by atoms with Gasteiger partial charge in [0.1, 0.15) is 11.6 Å². The molecule has 0 amide bonds. The Hall–Kier alpha value is -3.28. The molecule has 124 valence electrons. The first kappa shape index (κ1) is 15.3. The molecule has 25 heavy (non-hydrogen) atoms. The lowest BCUT2D eigenvalue weighted by Gasteiger charge is -2.06. The van der Waals surface area contributed by atoms with E-state index in [-0.39, 0.29) is 5.82 Å². The van der Waals surface area contributed by atoms with Crippen molar-refractivity contribution in [2.45, 2.75) is 6.42 Å². The fourth-order valence-corrected chi connectivity index (χ4v) is 2.68. The fraction of sp³-hybridized carbons (Fsp3) is 0.105. The number of hydrogen-bond acceptors (Lipinski definition) is 4. The van der Waals surface area contributed by atoms with Crippen LogP contribution in [0.5, 0.6) is 5.75 Å². The molecule has 0 aliphatic carbocycles. The van der Waals surface area contributed by atoms with Gasteiger partial charge >= 0.3 is 0 Å². The van der Waals surface area contributed by atoms with Crippen molar-refractivity contribution < 1.29 is 9.13 Å². The van der Waals surface area contributed by atoms with Crippen molar-refractivity contribution >= 4 is 5.65 Å². The predicted octanol–water partition coefficient (Wildman–Crippen LogP) is 3.53. The van der Waals surface area contributed by atoms with E-state index in [1.165, 1.54) is 12.1 Å². The summed E-state index contributed by atoms with van der Waals surface area (Å²) < 4.78 is 20.1. The van der Waals surface area contributed by atoms with Crippen LogP contribution in [0.1, 0.15) is 11.3 Å². The Morgan fingerprint density at radius 1 is 1.04 bits per heavy atom. The summed E-state index contributed by atoms with van der Waals surface area (Å²) in [5.41, 5.74) is 4.33. The van der Waals surface area contributed by atoms with Crippen LogP contribution in [0, 0.1) is 5.82 Å². The van der Waals surface area contributed by atoms with Crippen molar-refractivity contribution in [3.63, 3.8) is 0 Å². The first-order valence-corrected chi connectivity index (χ1v) is 7.80. The molecule has 0 radical (unpaired) electrons. The van der Waals surface area contributed by atoms with Crippen LogP contribution in [0.15, 0.2) is 61.1 Å². The van der Waals surface area contributed by atoms with E-state index >= 15 is 0 Å². The van der Waals surface area contributed by atoms with Gasteiger partial charge in [-0.1, -0.05) is 12.1 Å². The summed E-state index contributed by atoms with van der Waals surface area (Å²) in [5, 5.41) is 4.68. The van der Waals surface area contributed by atoms with Gasteiger partial charge in [0.15, 0.2) is 5.65 Å². The van der Waals surface area contributed by atoms with E-state index in [2.05, 4.69) is 15.1 Å². The second-order valence-electron chi connectivity index (χ2n) is 5.65. The minimum absolute atomic E-state index is 0.241. The van der Waals surface area contributed by atoms with Crippen LogP contribution in [0.3, 0.4) is 0 Å². The molecule has 3 aromatic heterocycles. The zero-order valence-electron chi connectivity index (χ0n) is 13.6. The monoisotopic (exact) mass is 334 g/mol. The maximum absolute atomic E-state index is 13.1. The summed E-state index contributed by atoms with van der Waals surface area (Å²) in [6, 6.07) is 12.2. The van der Waals surface area contributed by atoms with Crippen molar-refractivity contribution in [2.75, 3.05) is 7.11 Å². The van der Waals surface area contributed by atoms with Crippen LogP contribution < -0.4 is 4.74 Å². The number of hydrogen-bond donors (Lipinski definition) is 0. The van der Waals surface area contributed by atoms with Crippen LogP contribution >= 0.6 is 0 Å². The third-order valence-corrected chi connectivity index (χ3v) is 3.96. The molecule has 0 N–H and O–H groups in total. The number of fused-ring (bicyclic) bond motifs is 1. The van der Waals surface area contributed by atoms with E-state index in [1.54, 1.807) is 42.3 Å². The highest BCUT2D eigenvalue weighted by Gasteiger charge is 2.10. The predicted molar refractivity (Wildman–Crippen MR) is 92.0 cm³/mol. The lowest BCUT2D eigenvalue weighted by molar-refractivity contribution is 0.413. The van der Waals surface area contributed by atoms with E-state index in [9.17, 15) is 4.39 Å². The van der Waals surface area contributed by atoms with E-state index < -0.39 is 0 Å². The second-order valence-corrected chi connectivity index (χ2v) is 5.65. The summed E-state index contributed by atoms with van der Waals surface area (Å²) in [6.45, 7) is 0. The maximum atomic E-state index is 13.1. The van der Waals surface area contributed by atoms with Gasteiger partial charge in [-0.15, -0.1) is 0 Å². The van der Waals surface area contributed by atoms with Gasteiger partial charge in [0, 0.05) is 18.2 Å². The average Bonchev–Trinajstić information content (AvgIpc) is 3.07. The first-order chi connectivity index (χ1) is 12.2. The molecule has 4 rings (SSSR count). The second kappa shape index (κ2) is 6.32. The molecular formula is C19H15FN4O. The summed E-state index contributed by atoms with van der Waals surface area (Å²) in [6.07, 6.45) is 5.78. The number of methoxy groups -OCH3 is 1. The van der Waals surface area contributed by atoms with Crippen LogP contribution in [0.4, 0.5) is 4.39 Å².